The number of aryl methyl sites for hydroxylation is 1. The SMILES string of the molecule is C[C@@H](COc1ccnc2c1CCCC2)CC1Cc2ccc(CN3CCC3)cc2C12CCC(Nc1cccc(Cl)c1)(C(=O)O)CC2. The molecule has 1 spiro atoms. The summed E-state index contributed by atoms with van der Waals surface area (Å²) in [4.78, 5) is 20.0. The van der Waals surface area contributed by atoms with Gasteiger partial charge in [-0.3, -0.25) is 9.88 Å². The maximum absolute atomic E-state index is 12.9. The van der Waals surface area contributed by atoms with Gasteiger partial charge in [0.05, 0.1) is 6.61 Å². The van der Waals surface area contributed by atoms with Gasteiger partial charge in [-0.05, 0) is 142 Å². The number of hydrogen-bond acceptors (Lipinski definition) is 5. The summed E-state index contributed by atoms with van der Waals surface area (Å²) in [5.74, 6) is 1.07. The summed E-state index contributed by atoms with van der Waals surface area (Å²) < 4.78 is 6.51. The van der Waals surface area contributed by atoms with Crippen LogP contribution in [0.15, 0.2) is 54.7 Å². The number of carboxylic acid groups (broad SMARTS) is 1. The molecule has 7 heteroatoms. The van der Waals surface area contributed by atoms with Crippen molar-refractivity contribution < 1.29 is 14.6 Å². The van der Waals surface area contributed by atoms with Gasteiger partial charge in [-0.15, -0.1) is 0 Å². The number of carboxylic acids is 1. The lowest BCUT2D eigenvalue weighted by molar-refractivity contribution is -0.144. The van der Waals surface area contributed by atoms with Crippen molar-refractivity contribution >= 4 is 23.3 Å². The summed E-state index contributed by atoms with van der Waals surface area (Å²) in [6.45, 7) is 6.38. The fourth-order valence-corrected chi connectivity index (χ4v) is 8.89. The topological polar surface area (TPSA) is 74.7 Å². The van der Waals surface area contributed by atoms with Crippen molar-refractivity contribution in [1.82, 2.24) is 9.88 Å². The van der Waals surface area contributed by atoms with Crippen LogP contribution in [0.25, 0.3) is 0 Å². The minimum Gasteiger partial charge on any atom is -0.493 e. The summed E-state index contributed by atoms with van der Waals surface area (Å²) >= 11 is 6.27. The van der Waals surface area contributed by atoms with E-state index >= 15 is 0 Å². The van der Waals surface area contributed by atoms with E-state index < -0.39 is 11.5 Å². The summed E-state index contributed by atoms with van der Waals surface area (Å²) in [6, 6.07) is 16.7. The predicted molar refractivity (Wildman–Crippen MR) is 179 cm³/mol. The van der Waals surface area contributed by atoms with Gasteiger partial charge >= 0.3 is 5.97 Å². The molecule has 0 amide bonds. The van der Waals surface area contributed by atoms with E-state index in [9.17, 15) is 9.90 Å². The average molecular weight is 628 g/mol. The second-order valence-electron chi connectivity index (χ2n) is 14.3. The molecule has 4 aliphatic rings. The quantitative estimate of drug-likeness (QED) is 0.238. The van der Waals surface area contributed by atoms with E-state index in [0.29, 0.717) is 36.3 Å². The molecule has 6 nitrogen and oxygen atoms in total. The number of benzene rings is 2. The van der Waals surface area contributed by atoms with Crippen molar-refractivity contribution in [3.63, 3.8) is 0 Å². The molecule has 2 aromatic carbocycles. The molecule has 1 saturated heterocycles. The molecule has 2 fully saturated rings. The first-order valence-electron chi connectivity index (χ1n) is 17.0. The smallest absolute Gasteiger partial charge is 0.329 e. The number of fused-ring (bicyclic) bond motifs is 3. The number of carbonyl (C=O) groups is 1. The van der Waals surface area contributed by atoms with Crippen molar-refractivity contribution in [3.05, 3.63) is 87.7 Å². The largest absolute Gasteiger partial charge is 0.493 e. The summed E-state index contributed by atoms with van der Waals surface area (Å²) in [5.41, 5.74) is 6.57. The van der Waals surface area contributed by atoms with Gasteiger partial charge in [-0.2, -0.15) is 0 Å². The Balaban J connectivity index is 1.12. The zero-order valence-corrected chi connectivity index (χ0v) is 27.2. The summed E-state index contributed by atoms with van der Waals surface area (Å²) in [7, 11) is 0. The van der Waals surface area contributed by atoms with Crippen LogP contribution in [-0.4, -0.2) is 46.2 Å². The highest BCUT2D eigenvalue weighted by molar-refractivity contribution is 6.30. The van der Waals surface area contributed by atoms with Crippen LogP contribution in [0.1, 0.15) is 86.2 Å². The number of nitrogens with zero attached hydrogens (tertiary/aromatic N) is 2. The van der Waals surface area contributed by atoms with Crippen LogP contribution in [-0.2, 0) is 36.0 Å². The molecule has 1 saturated carbocycles. The van der Waals surface area contributed by atoms with Crippen molar-refractivity contribution in [2.45, 2.75) is 95.1 Å². The Morgan fingerprint density at radius 1 is 1.09 bits per heavy atom. The van der Waals surface area contributed by atoms with Crippen molar-refractivity contribution in [2.75, 3.05) is 25.0 Å². The Hall–Kier alpha value is -3.09. The average Bonchev–Trinajstić information content (AvgIpc) is 3.30. The molecule has 3 aromatic rings. The molecule has 1 aromatic heterocycles. The highest BCUT2D eigenvalue weighted by Gasteiger charge is 2.54. The van der Waals surface area contributed by atoms with Crippen LogP contribution < -0.4 is 10.1 Å². The van der Waals surface area contributed by atoms with Crippen LogP contribution in [0.5, 0.6) is 5.75 Å². The molecule has 45 heavy (non-hydrogen) atoms. The van der Waals surface area contributed by atoms with Gasteiger partial charge in [-0.1, -0.05) is 42.8 Å². The first kappa shape index (κ1) is 30.6. The van der Waals surface area contributed by atoms with E-state index in [4.69, 9.17) is 16.3 Å². The van der Waals surface area contributed by atoms with Crippen LogP contribution in [0.4, 0.5) is 5.69 Å². The lowest BCUT2D eigenvalue weighted by Crippen LogP contribution is -2.53. The second kappa shape index (κ2) is 12.6. The summed E-state index contributed by atoms with van der Waals surface area (Å²) in [6.07, 6.45) is 12.7. The minimum atomic E-state index is -1.01. The van der Waals surface area contributed by atoms with Crippen molar-refractivity contribution in [2.24, 2.45) is 11.8 Å². The number of rotatable bonds is 10. The van der Waals surface area contributed by atoms with E-state index in [0.717, 1.165) is 56.5 Å². The van der Waals surface area contributed by atoms with Crippen molar-refractivity contribution in [3.8, 4) is 5.75 Å². The molecule has 2 heterocycles. The van der Waals surface area contributed by atoms with Gasteiger partial charge in [0.1, 0.15) is 11.3 Å². The standard InChI is InChI=1S/C38H46ClN3O3/c1-26(25-45-35-12-17-40-34-9-3-2-8-32(34)35)20-29-22-28-11-10-27(24-42-18-5-19-42)21-33(28)37(29)13-15-38(16-14-37,36(43)44)41-31-7-4-6-30(39)23-31/h4,6-7,10-12,17,21,23,26,29,41H,2-3,5,8-9,13-16,18-20,22,24-25H2,1H3,(H,43,44)/t26-,29?,37?,38?/m1/s1. The second-order valence-corrected chi connectivity index (χ2v) is 14.7. The molecule has 3 aliphatic carbocycles. The Kier molecular flexibility index (Phi) is 8.56. The number of ether oxygens (including phenoxy) is 1. The Morgan fingerprint density at radius 3 is 2.67 bits per heavy atom. The van der Waals surface area contributed by atoms with Crippen LogP contribution in [0.2, 0.25) is 5.02 Å². The van der Waals surface area contributed by atoms with E-state index in [-0.39, 0.29) is 5.41 Å². The first-order chi connectivity index (χ1) is 21.8. The minimum absolute atomic E-state index is 0.0284. The number of likely N-dealkylation sites (tertiary alicyclic amines) is 1. The third kappa shape index (κ3) is 6.08. The van der Waals surface area contributed by atoms with Gasteiger partial charge in [0.25, 0.3) is 0 Å². The number of nitrogens with one attached hydrogen (secondary N) is 1. The van der Waals surface area contributed by atoms with E-state index in [1.807, 2.05) is 36.5 Å². The molecule has 1 aliphatic heterocycles. The van der Waals surface area contributed by atoms with Gasteiger partial charge < -0.3 is 15.2 Å². The van der Waals surface area contributed by atoms with Crippen LogP contribution in [0, 0.1) is 11.8 Å². The van der Waals surface area contributed by atoms with Crippen molar-refractivity contribution in [1.29, 1.82) is 0 Å². The van der Waals surface area contributed by atoms with E-state index in [1.54, 1.807) is 0 Å². The fourth-order valence-electron chi connectivity index (χ4n) is 8.70. The highest BCUT2D eigenvalue weighted by atomic mass is 35.5. The summed E-state index contributed by atoms with van der Waals surface area (Å²) in [5, 5.41) is 14.6. The van der Waals surface area contributed by atoms with Gasteiger partial charge in [0, 0.05) is 34.7 Å². The number of halogens is 1. The Labute approximate surface area is 272 Å². The third-order valence-electron chi connectivity index (χ3n) is 11.3. The van der Waals surface area contributed by atoms with E-state index in [1.165, 1.54) is 60.3 Å². The Bertz CT molecular complexity index is 1540. The molecule has 0 bridgehead atoms. The molecule has 238 valence electrons. The first-order valence-corrected chi connectivity index (χ1v) is 17.4. The Morgan fingerprint density at radius 2 is 1.91 bits per heavy atom. The molecule has 0 radical (unpaired) electrons. The maximum Gasteiger partial charge on any atom is 0.329 e. The zero-order valence-electron chi connectivity index (χ0n) is 26.5. The maximum atomic E-state index is 12.9. The number of pyridine rings is 1. The van der Waals surface area contributed by atoms with E-state index in [2.05, 4.69) is 40.3 Å². The van der Waals surface area contributed by atoms with Crippen LogP contribution in [0.3, 0.4) is 0 Å². The zero-order chi connectivity index (χ0) is 31.0. The third-order valence-corrected chi connectivity index (χ3v) is 11.6. The van der Waals surface area contributed by atoms with Gasteiger partial charge in [-0.25, -0.2) is 4.79 Å². The van der Waals surface area contributed by atoms with Crippen LogP contribution >= 0.6 is 11.6 Å². The number of hydrogen-bond donors (Lipinski definition) is 2. The number of aromatic nitrogens is 1. The predicted octanol–water partition coefficient (Wildman–Crippen LogP) is 7.84. The lowest BCUT2D eigenvalue weighted by atomic mass is 9.59. The molecule has 1 unspecified atom stereocenters. The van der Waals surface area contributed by atoms with Gasteiger partial charge in [0.2, 0.25) is 0 Å². The molecule has 7 rings (SSSR count). The number of anilines is 1. The highest BCUT2D eigenvalue weighted by Crippen LogP contribution is 2.56. The van der Waals surface area contributed by atoms with Gasteiger partial charge in [0.15, 0.2) is 0 Å². The molecule has 2 N–H and O–H groups in total. The lowest BCUT2D eigenvalue weighted by Gasteiger charge is -2.47. The number of aliphatic carboxylic acids is 1. The molecule has 2 atom stereocenters. The molecular formula is C38H46ClN3O3. The fraction of sp³-hybridized carbons (Fsp3) is 0.526. The molecular weight excluding hydrogens is 582 g/mol. The monoisotopic (exact) mass is 627 g/mol. The normalized spacial score (nSPS) is 26.5.